The van der Waals surface area contributed by atoms with E-state index in [4.69, 9.17) is 10.4 Å². The lowest BCUT2D eigenvalue weighted by atomic mass is 10.1. The summed E-state index contributed by atoms with van der Waals surface area (Å²) in [7, 11) is 0. The molecule has 1 saturated carbocycles. The number of carbonyl (C=O) groups is 2. The molecule has 104 valence electrons. The normalized spacial score (nSPS) is 20.9. The molecule has 1 fully saturated rings. The first kappa shape index (κ1) is 13.9. The van der Waals surface area contributed by atoms with Gasteiger partial charge in [0.15, 0.2) is 0 Å². The van der Waals surface area contributed by atoms with Gasteiger partial charge in [-0.2, -0.15) is 5.26 Å². The summed E-state index contributed by atoms with van der Waals surface area (Å²) in [5, 5.41) is 23.0. The van der Waals surface area contributed by atoms with E-state index in [-0.39, 0.29) is 18.0 Å². The van der Waals surface area contributed by atoms with Gasteiger partial charge in [0.25, 0.3) is 0 Å². The van der Waals surface area contributed by atoms with Crippen LogP contribution in [0.4, 0.5) is 10.5 Å². The smallest absolute Gasteiger partial charge is 0.319 e. The van der Waals surface area contributed by atoms with Crippen LogP contribution in [-0.2, 0) is 4.79 Å². The van der Waals surface area contributed by atoms with Crippen molar-refractivity contribution in [1.29, 1.82) is 5.26 Å². The summed E-state index contributed by atoms with van der Waals surface area (Å²) in [6, 6.07) is 8.06. The fraction of sp³-hybridized carbons (Fsp3) is 0.357. The summed E-state index contributed by atoms with van der Waals surface area (Å²) in [4.78, 5) is 22.6. The first-order chi connectivity index (χ1) is 9.58. The molecule has 1 aromatic carbocycles. The zero-order valence-corrected chi connectivity index (χ0v) is 10.8. The third-order valence-corrected chi connectivity index (χ3v) is 3.39. The van der Waals surface area contributed by atoms with Crippen molar-refractivity contribution in [3.05, 3.63) is 29.8 Å². The van der Waals surface area contributed by atoms with Crippen LogP contribution in [0.15, 0.2) is 24.3 Å². The molecule has 2 atom stereocenters. The lowest BCUT2D eigenvalue weighted by Crippen LogP contribution is -2.36. The van der Waals surface area contributed by atoms with E-state index in [2.05, 4.69) is 10.6 Å². The van der Waals surface area contributed by atoms with Gasteiger partial charge in [0.2, 0.25) is 0 Å². The minimum absolute atomic E-state index is 0.102. The van der Waals surface area contributed by atoms with E-state index in [1.54, 1.807) is 24.3 Å². The summed E-state index contributed by atoms with van der Waals surface area (Å²) < 4.78 is 0. The van der Waals surface area contributed by atoms with Gasteiger partial charge in [0.05, 0.1) is 17.6 Å². The number of nitrogens with zero attached hydrogens (tertiary/aromatic N) is 1. The molecule has 0 bridgehead atoms. The van der Waals surface area contributed by atoms with Crippen molar-refractivity contribution in [2.45, 2.75) is 25.3 Å². The molecule has 20 heavy (non-hydrogen) atoms. The van der Waals surface area contributed by atoms with Gasteiger partial charge in [-0.05, 0) is 43.5 Å². The molecule has 0 radical (unpaired) electrons. The molecule has 2 rings (SSSR count). The molecule has 1 aromatic rings. The molecular formula is C14H15N3O3. The number of urea groups is 1. The maximum atomic E-state index is 11.8. The molecule has 2 amide bonds. The Balaban J connectivity index is 1.84. The molecule has 0 heterocycles. The van der Waals surface area contributed by atoms with Gasteiger partial charge in [-0.3, -0.25) is 4.79 Å². The molecule has 3 N–H and O–H groups in total. The van der Waals surface area contributed by atoms with Crippen molar-refractivity contribution in [3.63, 3.8) is 0 Å². The fourth-order valence-corrected chi connectivity index (χ4v) is 2.32. The van der Waals surface area contributed by atoms with E-state index < -0.39 is 5.97 Å². The number of nitrogens with one attached hydrogen (secondary N) is 2. The summed E-state index contributed by atoms with van der Waals surface area (Å²) in [5.74, 6) is -1.17. The summed E-state index contributed by atoms with van der Waals surface area (Å²) in [6.07, 6.45) is 1.74. The van der Waals surface area contributed by atoms with Crippen molar-refractivity contribution < 1.29 is 14.7 Å². The maximum absolute atomic E-state index is 11.8. The number of anilines is 1. The average Bonchev–Trinajstić information content (AvgIpc) is 2.88. The quantitative estimate of drug-likeness (QED) is 0.783. The lowest BCUT2D eigenvalue weighted by Gasteiger charge is -2.13. The van der Waals surface area contributed by atoms with E-state index in [9.17, 15) is 9.59 Å². The monoisotopic (exact) mass is 273 g/mol. The van der Waals surface area contributed by atoms with Crippen LogP contribution in [0, 0.1) is 17.2 Å². The van der Waals surface area contributed by atoms with E-state index in [0.29, 0.717) is 30.5 Å². The highest BCUT2D eigenvalue weighted by Gasteiger charge is 2.30. The van der Waals surface area contributed by atoms with Gasteiger partial charge >= 0.3 is 12.0 Å². The third-order valence-electron chi connectivity index (χ3n) is 3.39. The van der Waals surface area contributed by atoms with Gasteiger partial charge in [-0.15, -0.1) is 0 Å². The van der Waals surface area contributed by atoms with Gasteiger partial charge in [-0.25, -0.2) is 4.79 Å². The fourth-order valence-electron chi connectivity index (χ4n) is 2.32. The van der Waals surface area contributed by atoms with E-state index in [0.717, 1.165) is 0 Å². The number of carboxylic acids is 1. The van der Waals surface area contributed by atoms with Crippen LogP contribution in [0.5, 0.6) is 0 Å². The van der Waals surface area contributed by atoms with Crippen molar-refractivity contribution >= 4 is 17.7 Å². The number of carbonyl (C=O) groups excluding carboxylic acids is 1. The zero-order valence-electron chi connectivity index (χ0n) is 10.8. The number of nitriles is 1. The Hall–Kier alpha value is -2.55. The van der Waals surface area contributed by atoms with E-state index >= 15 is 0 Å². The van der Waals surface area contributed by atoms with Crippen LogP contribution < -0.4 is 10.6 Å². The number of rotatable bonds is 3. The second-order valence-corrected chi connectivity index (χ2v) is 4.83. The highest BCUT2D eigenvalue weighted by atomic mass is 16.4. The molecule has 0 aliphatic heterocycles. The van der Waals surface area contributed by atoms with Gasteiger partial charge < -0.3 is 15.7 Å². The van der Waals surface area contributed by atoms with Crippen LogP contribution in [0.2, 0.25) is 0 Å². The van der Waals surface area contributed by atoms with Crippen molar-refractivity contribution in [2.75, 3.05) is 5.32 Å². The average molecular weight is 273 g/mol. The number of hydrogen-bond donors (Lipinski definition) is 3. The predicted molar refractivity (Wildman–Crippen MR) is 72.1 cm³/mol. The molecular weight excluding hydrogens is 258 g/mol. The molecule has 0 aromatic heterocycles. The van der Waals surface area contributed by atoms with Gasteiger partial charge in [0, 0.05) is 11.7 Å². The lowest BCUT2D eigenvalue weighted by molar-refractivity contribution is -0.141. The molecule has 0 saturated heterocycles. The highest BCUT2D eigenvalue weighted by Crippen LogP contribution is 2.25. The molecule has 6 heteroatoms. The van der Waals surface area contributed by atoms with Crippen LogP contribution in [0.1, 0.15) is 24.8 Å². The molecule has 1 aliphatic carbocycles. The Bertz CT molecular complexity index is 548. The van der Waals surface area contributed by atoms with Crippen molar-refractivity contribution in [3.8, 4) is 6.07 Å². The van der Waals surface area contributed by atoms with Crippen LogP contribution in [0.25, 0.3) is 0 Å². The molecule has 1 aliphatic rings. The van der Waals surface area contributed by atoms with Crippen LogP contribution >= 0.6 is 0 Å². The second-order valence-electron chi connectivity index (χ2n) is 4.83. The van der Waals surface area contributed by atoms with E-state index in [1.807, 2.05) is 6.07 Å². The first-order valence-electron chi connectivity index (χ1n) is 6.39. The second kappa shape index (κ2) is 6.06. The summed E-state index contributed by atoms with van der Waals surface area (Å²) in [5.41, 5.74) is 1.12. The molecule has 2 unspecified atom stereocenters. The van der Waals surface area contributed by atoms with E-state index in [1.165, 1.54) is 0 Å². The Labute approximate surface area is 116 Å². The van der Waals surface area contributed by atoms with Crippen molar-refractivity contribution in [1.82, 2.24) is 5.32 Å². The number of benzene rings is 1. The summed E-state index contributed by atoms with van der Waals surface area (Å²) in [6.45, 7) is 0. The number of hydrogen-bond acceptors (Lipinski definition) is 3. The molecule has 0 spiro atoms. The predicted octanol–water partition coefficient (Wildman–Crippen LogP) is 1.93. The summed E-state index contributed by atoms with van der Waals surface area (Å²) >= 11 is 0. The zero-order chi connectivity index (χ0) is 14.5. The largest absolute Gasteiger partial charge is 0.481 e. The first-order valence-corrected chi connectivity index (χ1v) is 6.39. The van der Waals surface area contributed by atoms with Gasteiger partial charge in [0.1, 0.15) is 0 Å². The topological polar surface area (TPSA) is 102 Å². The minimum atomic E-state index is -0.804. The minimum Gasteiger partial charge on any atom is -0.481 e. The Morgan fingerprint density at radius 1 is 1.25 bits per heavy atom. The third kappa shape index (κ3) is 3.48. The Kier molecular flexibility index (Phi) is 4.20. The Morgan fingerprint density at radius 2 is 1.95 bits per heavy atom. The maximum Gasteiger partial charge on any atom is 0.319 e. The SMILES string of the molecule is N#Cc1ccc(NC(=O)NC2CCC(C(=O)O)C2)cc1. The highest BCUT2D eigenvalue weighted by molar-refractivity contribution is 5.89. The van der Waals surface area contributed by atoms with Crippen LogP contribution in [-0.4, -0.2) is 23.1 Å². The standard InChI is InChI=1S/C14H15N3O3/c15-8-9-1-4-11(5-2-9)16-14(20)17-12-6-3-10(7-12)13(18)19/h1-2,4-5,10,12H,3,6-7H2,(H,18,19)(H2,16,17,20). The molecule has 6 nitrogen and oxygen atoms in total. The van der Waals surface area contributed by atoms with Crippen molar-refractivity contribution in [2.24, 2.45) is 5.92 Å². The number of aliphatic carboxylic acids is 1. The number of carboxylic acid groups (broad SMARTS) is 1. The Morgan fingerprint density at radius 3 is 2.50 bits per heavy atom. The van der Waals surface area contributed by atoms with Gasteiger partial charge in [-0.1, -0.05) is 0 Å². The van der Waals surface area contributed by atoms with Crippen LogP contribution in [0.3, 0.4) is 0 Å². The number of amides is 2.